The molecular weight excluding hydrogens is 212 g/mol. The largest absolute Gasteiger partial charge is 0.378 e. The average molecular weight is 223 g/mol. The number of nitrogens with zero attached hydrogens (tertiary/aromatic N) is 2. The Hall–Kier alpha value is -1.55. The van der Waals surface area contributed by atoms with E-state index in [9.17, 15) is 0 Å². The number of anilines is 1. The molecule has 0 radical (unpaired) electrons. The smallest absolute Gasteiger partial charge is 0.129 e. The molecule has 0 bridgehead atoms. The summed E-state index contributed by atoms with van der Waals surface area (Å²) in [6, 6.07) is 3.75. The van der Waals surface area contributed by atoms with E-state index in [1.165, 1.54) is 0 Å². The van der Waals surface area contributed by atoms with Gasteiger partial charge in [0, 0.05) is 6.20 Å². The third-order valence-corrected chi connectivity index (χ3v) is 2.31. The number of halogens is 1. The van der Waals surface area contributed by atoms with Crippen molar-refractivity contribution in [3.63, 3.8) is 0 Å². The summed E-state index contributed by atoms with van der Waals surface area (Å²) in [5, 5.41) is 10.5. The molecule has 0 saturated carbocycles. The van der Waals surface area contributed by atoms with Crippen LogP contribution in [0.4, 0.5) is 5.69 Å². The van der Waals surface area contributed by atoms with E-state index in [1.54, 1.807) is 12.4 Å². The van der Waals surface area contributed by atoms with Crippen molar-refractivity contribution in [2.45, 2.75) is 13.5 Å². The highest BCUT2D eigenvalue weighted by Gasteiger charge is 2.00. The summed E-state index contributed by atoms with van der Waals surface area (Å²) < 4.78 is 0. The van der Waals surface area contributed by atoms with Gasteiger partial charge in [0.05, 0.1) is 24.1 Å². The molecule has 0 aliphatic rings. The molecule has 0 unspecified atom stereocenters. The predicted molar refractivity (Wildman–Crippen MR) is 59.9 cm³/mol. The second-order valence-electron chi connectivity index (χ2n) is 3.26. The standard InChI is InChI=1S/C10H11ClN4/c1-7-4-10(11)13-6-9(7)12-5-8-2-3-14-15-8/h2-4,6,12H,5H2,1H3,(H,14,15). The lowest BCUT2D eigenvalue weighted by molar-refractivity contribution is 0.978. The van der Waals surface area contributed by atoms with Crippen LogP contribution >= 0.6 is 11.6 Å². The minimum Gasteiger partial charge on any atom is -0.378 e. The molecular formula is C10H11ClN4. The van der Waals surface area contributed by atoms with E-state index >= 15 is 0 Å². The van der Waals surface area contributed by atoms with Gasteiger partial charge < -0.3 is 5.32 Å². The zero-order chi connectivity index (χ0) is 10.7. The van der Waals surface area contributed by atoms with Crippen molar-refractivity contribution in [3.05, 3.63) is 40.9 Å². The first-order chi connectivity index (χ1) is 7.25. The van der Waals surface area contributed by atoms with Gasteiger partial charge in [-0.05, 0) is 24.6 Å². The number of pyridine rings is 1. The lowest BCUT2D eigenvalue weighted by Gasteiger charge is -2.07. The van der Waals surface area contributed by atoms with Gasteiger partial charge in [-0.15, -0.1) is 0 Å². The van der Waals surface area contributed by atoms with Gasteiger partial charge in [0.1, 0.15) is 5.15 Å². The first-order valence-corrected chi connectivity index (χ1v) is 4.98. The van der Waals surface area contributed by atoms with E-state index in [-0.39, 0.29) is 0 Å². The molecule has 0 aliphatic heterocycles. The van der Waals surface area contributed by atoms with Crippen LogP contribution in [0.1, 0.15) is 11.3 Å². The van der Waals surface area contributed by atoms with Crippen LogP contribution in [0.3, 0.4) is 0 Å². The second kappa shape index (κ2) is 4.31. The van der Waals surface area contributed by atoms with Crippen molar-refractivity contribution in [1.82, 2.24) is 15.2 Å². The Labute approximate surface area is 92.7 Å². The molecule has 0 atom stereocenters. The lowest BCUT2D eigenvalue weighted by atomic mass is 10.2. The maximum absolute atomic E-state index is 5.76. The van der Waals surface area contributed by atoms with Gasteiger partial charge in [0.2, 0.25) is 0 Å². The van der Waals surface area contributed by atoms with E-state index in [1.807, 2.05) is 19.1 Å². The monoisotopic (exact) mass is 222 g/mol. The predicted octanol–water partition coefficient (Wildman–Crippen LogP) is 2.38. The summed E-state index contributed by atoms with van der Waals surface area (Å²) in [7, 11) is 0. The summed E-state index contributed by atoms with van der Waals surface area (Å²) in [4.78, 5) is 4.02. The molecule has 0 fully saturated rings. The minimum absolute atomic E-state index is 0.514. The van der Waals surface area contributed by atoms with Gasteiger partial charge in [0.25, 0.3) is 0 Å². The summed E-state index contributed by atoms with van der Waals surface area (Å²) >= 11 is 5.76. The Morgan fingerprint density at radius 1 is 1.53 bits per heavy atom. The number of aromatic nitrogens is 3. The Kier molecular flexibility index (Phi) is 2.87. The molecule has 0 aliphatic carbocycles. The number of nitrogens with one attached hydrogen (secondary N) is 2. The molecule has 0 aromatic carbocycles. The maximum Gasteiger partial charge on any atom is 0.129 e. The quantitative estimate of drug-likeness (QED) is 0.784. The second-order valence-corrected chi connectivity index (χ2v) is 3.64. The summed E-state index contributed by atoms with van der Waals surface area (Å²) in [5.41, 5.74) is 3.09. The van der Waals surface area contributed by atoms with Crippen molar-refractivity contribution >= 4 is 17.3 Å². The van der Waals surface area contributed by atoms with E-state index in [0.29, 0.717) is 11.7 Å². The molecule has 0 saturated heterocycles. The number of hydrogen-bond acceptors (Lipinski definition) is 3. The van der Waals surface area contributed by atoms with Crippen LogP contribution in [0.5, 0.6) is 0 Å². The Morgan fingerprint density at radius 2 is 2.40 bits per heavy atom. The van der Waals surface area contributed by atoms with Gasteiger partial charge in [-0.1, -0.05) is 11.6 Å². The van der Waals surface area contributed by atoms with Crippen LogP contribution in [0.25, 0.3) is 0 Å². The van der Waals surface area contributed by atoms with Crippen LogP contribution in [-0.2, 0) is 6.54 Å². The first kappa shape index (κ1) is 9.98. The van der Waals surface area contributed by atoms with Crippen molar-refractivity contribution in [2.24, 2.45) is 0 Å². The molecule has 5 heteroatoms. The van der Waals surface area contributed by atoms with Gasteiger partial charge in [-0.3, -0.25) is 5.10 Å². The topological polar surface area (TPSA) is 53.6 Å². The molecule has 2 rings (SSSR count). The molecule has 4 nitrogen and oxygen atoms in total. The third kappa shape index (κ3) is 2.47. The van der Waals surface area contributed by atoms with Crippen LogP contribution in [0, 0.1) is 6.92 Å². The summed E-state index contributed by atoms with van der Waals surface area (Å²) in [6.45, 7) is 2.69. The van der Waals surface area contributed by atoms with Gasteiger partial charge >= 0.3 is 0 Å². The fraction of sp³-hybridized carbons (Fsp3) is 0.200. The molecule has 78 valence electrons. The van der Waals surface area contributed by atoms with Crippen molar-refractivity contribution in [2.75, 3.05) is 5.32 Å². The maximum atomic E-state index is 5.76. The number of H-pyrrole nitrogens is 1. The van der Waals surface area contributed by atoms with Gasteiger partial charge in [-0.25, -0.2) is 4.98 Å². The highest BCUT2D eigenvalue weighted by molar-refractivity contribution is 6.29. The average Bonchev–Trinajstić information content (AvgIpc) is 2.69. The summed E-state index contributed by atoms with van der Waals surface area (Å²) in [6.07, 6.45) is 3.46. The van der Waals surface area contributed by atoms with Crippen LogP contribution < -0.4 is 5.32 Å². The van der Waals surface area contributed by atoms with Crippen LogP contribution in [0.15, 0.2) is 24.5 Å². The highest BCUT2D eigenvalue weighted by atomic mass is 35.5. The first-order valence-electron chi connectivity index (χ1n) is 4.60. The molecule has 2 N–H and O–H groups in total. The van der Waals surface area contributed by atoms with Crippen molar-refractivity contribution < 1.29 is 0 Å². The van der Waals surface area contributed by atoms with E-state index in [2.05, 4.69) is 20.5 Å². The third-order valence-electron chi connectivity index (χ3n) is 2.11. The zero-order valence-corrected chi connectivity index (χ0v) is 9.04. The fourth-order valence-corrected chi connectivity index (χ4v) is 1.49. The Balaban J connectivity index is 2.05. The number of hydrogen-bond donors (Lipinski definition) is 2. The molecule has 15 heavy (non-hydrogen) atoms. The SMILES string of the molecule is Cc1cc(Cl)ncc1NCc1ccn[nH]1. The molecule has 0 spiro atoms. The van der Waals surface area contributed by atoms with Crippen LogP contribution in [0.2, 0.25) is 5.15 Å². The summed E-state index contributed by atoms with van der Waals surface area (Å²) in [5.74, 6) is 0. The number of aryl methyl sites for hydroxylation is 1. The number of rotatable bonds is 3. The van der Waals surface area contributed by atoms with Gasteiger partial charge in [0.15, 0.2) is 0 Å². The molecule has 0 amide bonds. The molecule has 2 heterocycles. The Bertz CT molecular complexity index is 439. The van der Waals surface area contributed by atoms with E-state index in [4.69, 9.17) is 11.6 Å². The number of aromatic amines is 1. The Morgan fingerprint density at radius 3 is 3.07 bits per heavy atom. The van der Waals surface area contributed by atoms with Gasteiger partial charge in [-0.2, -0.15) is 5.10 Å². The lowest BCUT2D eigenvalue weighted by Crippen LogP contribution is -2.01. The zero-order valence-electron chi connectivity index (χ0n) is 8.29. The van der Waals surface area contributed by atoms with Crippen molar-refractivity contribution in [1.29, 1.82) is 0 Å². The highest BCUT2D eigenvalue weighted by Crippen LogP contribution is 2.17. The fourth-order valence-electron chi connectivity index (χ4n) is 1.28. The minimum atomic E-state index is 0.514. The normalized spacial score (nSPS) is 10.3. The van der Waals surface area contributed by atoms with Crippen LogP contribution in [-0.4, -0.2) is 15.2 Å². The van der Waals surface area contributed by atoms with Crippen molar-refractivity contribution in [3.8, 4) is 0 Å². The van der Waals surface area contributed by atoms with E-state index in [0.717, 1.165) is 16.9 Å². The molecule has 2 aromatic heterocycles. The molecule has 2 aromatic rings. The van der Waals surface area contributed by atoms with E-state index < -0.39 is 0 Å².